The van der Waals surface area contributed by atoms with Crippen molar-refractivity contribution in [2.24, 2.45) is 0 Å². The minimum absolute atomic E-state index is 0.219. The number of aromatic amines is 1. The molecule has 0 atom stereocenters. The Hall–Kier alpha value is -1.57. The predicted octanol–water partition coefficient (Wildman–Crippen LogP) is 2.10. The van der Waals surface area contributed by atoms with Gasteiger partial charge in [0.15, 0.2) is 0 Å². The Morgan fingerprint density at radius 2 is 2.12 bits per heavy atom. The van der Waals surface area contributed by atoms with Crippen molar-refractivity contribution >= 4 is 22.6 Å². The fraction of sp³-hybridized carbons (Fsp3) is 0.556. The first-order valence-corrected chi connectivity index (χ1v) is 9.73. The van der Waals surface area contributed by atoms with Gasteiger partial charge in [0, 0.05) is 55.8 Å². The molecule has 0 radical (unpaired) electrons. The third-order valence-corrected chi connectivity index (χ3v) is 6.42. The van der Waals surface area contributed by atoms with Crippen LogP contribution in [0.4, 0.5) is 0 Å². The molecule has 0 aliphatic carbocycles. The standard InChI is InChI=1S/C18H24N4O2S/c1-13-15-12-14(17(25-13)16-2-4-19-20-16)3-5-22(18(15)23)7-6-21-8-10-24-11-9-21/h2,4H,3,5-12H2,1H3,(H,19,20). The van der Waals surface area contributed by atoms with Crippen LogP contribution >= 0.6 is 11.8 Å². The minimum atomic E-state index is 0.219. The van der Waals surface area contributed by atoms with Gasteiger partial charge in [-0.05, 0) is 29.9 Å². The molecule has 0 aromatic carbocycles. The van der Waals surface area contributed by atoms with Crippen LogP contribution in [-0.2, 0) is 9.53 Å². The van der Waals surface area contributed by atoms with E-state index in [1.54, 1.807) is 18.0 Å². The number of carbonyl (C=O) groups excluding carboxylic acids is 1. The number of amides is 1. The van der Waals surface area contributed by atoms with E-state index in [1.807, 2.05) is 11.0 Å². The summed E-state index contributed by atoms with van der Waals surface area (Å²) in [5, 5.41) is 7.15. The maximum absolute atomic E-state index is 13.0. The third-order valence-electron chi connectivity index (χ3n) is 5.16. The summed E-state index contributed by atoms with van der Waals surface area (Å²) in [6.07, 6.45) is 3.50. The molecule has 0 spiro atoms. The Kier molecular flexibility index (Phi) is 4.96. The Balaban J connectivity index is 1.50. The van der Waals surface area contributed by atoms with E-state index in [1.165, 1.54) is 10.5 Å². The van der Waals surface area contributed by atoms with E-state index in [0.29, 0.717) is 0 Å². The molecule has 2 bridgehead atoms. The van der Waals surface area contributed by atoms with Gasteiger partial charge in [-0.15, -0.1) is 0 Å². The molecule has 1 aromatic heterocycles. The molecule has 25 heavy (non-hydrogen) atoms. The highest BCUT2D eigenvalue weighted by Gasteiger charge is 2.31. The second kappa shape index (κ2) is 7.35. The lowest BCUT2D eigenvalue weighted by atomic mass is 10.0. The van der Waals surface area contributed by atoms with Crippen LogP contribution in [0.5, 0.6) is 0 Å². The van der Waals surface area contributed by atoms with E-state index in [9.17, 15) is 4.79 Å². The first-order valence-electron chi connectivity index (χ1n) is 8.91. The Morgan fingerprint density at radius 1 is 1.28 bits per heavy atom. The molecule has 3 aliphatic rings. The van der Waals surface area contributed by atoms with Crippen molar-refractivity contribution in [3.05, 3.63) is 34.0 Å². The Labute approximate surface area is 152 Å². The number of fused-ring (bicyclic) bond motifs is 2. The summed E-state index contributed by atoms with van der Waals surface area (Å²) in [4.78, 5) is 19.8. The number of thioether (sulfide) groups is 1. The first-order chi connectivity index (χ1) is 12.2. The lowest BCUT2D eigenvalue weighted by Gasteiger charge is -2.29. The van der Waals surface area contributed by atoms with E-state index in [4.69, 9.17) is 4.74 Å². The van der Waals surface area contributed by atoms with E-state index >= 15 is 0 Å². The molecule has 1 amide bonds. The molecule has 4 rings (SSSR count). The lowest BCUT2D eigenvalue weighted by Crippen LogP contribution is -2.43. The van der Waals surface area contributed by atoms with Crippen molar-refractivity contribution in [2.75, 3.05) is 45.9 Å². The van der Waals surface area contributed by atoms with Gasteiger partial charge in [0.25, 0.3) is 5.91 Å². The predicted molar refractivity (Wildman–Crippen MR) is 98.9 cm³/mol. The number of allylic oxidation sites excluding steroid dienone is 1. The van der Waals surface area contributed by atoms with Crippen molar-refractivity contribution in [1.29, 1.82) is 0 Å². The molecule has 1 aromatic rings. The highest BCUT2D eigenvalue weighted by Crippen LogP contribution is 2.46. The van der Waals surface area contributed by atoms with E-state index < -0.39 is 0 Å². The van der Waals surface area contributed by atoms with Crippen molar-refractivity contribution < 1.29 is 9.53 Å². The zero-order valence-electron chi connectivity index (χ0n) is 14.6. The number of hydrogen-bond donors (Lipinski definition) is 1. The number of ether oxygens (including phenoxy) is 1. The summed E-state index contributed by atoms with van der Waals surface area (Å²) in [6, 6.07) is 2.01. The number of hydrogen-bond acceptors (Lipinski definition) is 5. The molecule has 1 N–H and O–H groups in total. The summed E-state index contributed by atoms with van der Waals surface area (Å²) < 4.78 is 5.40. The molecule has 4 heterocycles. The van der Waals surface area contributed by atoms with Crippen molar-refractivity contribution in [1.82, 2.24) is 20.0 Å². The van der Waals surface area contributed by atoms with Crippen LogP contribution in [0.3, 0.4) is 0 Å². The van der Waals surface area contributed by atoms with Crippen LogP contribution in [-0.4, -0.2) is 71.8 Å². The van der Waals surface area contributed by atoms with Crippen LogP contribution in [0.1, 0.15) is 25.5 Å². The number of carbonyl (C=O) groups is 1. The topological polar surface area (TPSA) is 61.5 Å². The maximum Gasteiger partial charge on any atom is 0.250 e. The molecule has 0 unspecified atom stereocenters. The lowest BCUT2D eigenvalue weighted by molar-refractivity contribution is -0.127. The van der Waals surface area contributed by atoms with Crippen LogP contribution < -0.4 is 0 Å². The largest absolute Gasteiger partial charge is 0.379 e. The number of likely N-dealkylation sites (tertiary alicyclic amines) is 1. The Morgan fingerprint density at radius 3 is 2.88 bits per heavy atom. The fourth-order valence-corrected chi connectivity index (χ4v) is 4.75. The van der Waals surface area contributed by atoms with Gasteiger partial charge in [0.1, 0.15) is 0 Å². The summed E-state index contributed by atoms with van der Waals surface area (Å²) in [5.41, 5.74) is 3.40. The average Bonchev–Trinajstić information content (AvgIpc) is 3.12. The molecule has 0 saturated carbocycles. The number of H-pyrrole nitrogens is 1. The van der Waals surface area contributed by atoms with Gasteiger partial charge in [0.2, 0.25) is 0 Å². The second-order valence-corrected chi connectivity index (χ2v) is 7.94. The number of nitrogens with zero attached hydrogens (tertiary/aromatic N) is 3. The normalized spacial score (nSPS) is 22.6. The molecular weight excluding hydrogens is 336 g/mol. The summed E-state index contributed by atoms with van der Waals surface area (Å²) >= 11 is 1.71. The summed E-state index contributed by atoms with van der Waals surface area (Å²) in [7, 11) is 0. The van der Waals surface area contributed by atoms with Crippen molar-refractivity contribution in [3.63, 3.8) is 0 Å². The van der Waals surface area contributed by atoms with Gasteiger partial charge < -0.3 is 9.64 Å². The van der Waals surface area contributed by atoms with Gasteiger partial charge in [-0.2, -0.15) is 5.10 Å². The highest BCUT2D eigenvalue weighted by atomic mass is 32.2. The Bertz CT molecular complexity index is 705. The SMILES string of the molecule is CC1=C2CC(=C(c3ccn[nH]3)S1)CCN(CCN1CCOCC1)C2=O. The average molecular weight is 360 g/mol. The van der Waals surface area contributed by atoms with Gasteiger partial charge in [-0.25, -0.2) is 0 Å². The summed E-state index contributed by atoms with van der Waals surface area (Å²) in [6.45, 7) is 8.13. The quantitative estimate of drug-likeness (QED) is 0.891. The van der Waals surface area contributed by atoms with Gasteiger partial charge in [-0.3, -0.25) is 14.8 Å². The summed E-state index contributed by atoms with van der Waals surface area (Å²) in [5.74, 6) is 0.219. The number of aromatic nitrogens is 2. The first kappa shape index (κ1) is 16.9. The van der Waals surface area contributed by atoms with Gasteiger partial charge >= 0.3 is 0 Å². The van der Waals surface area contributed by atoms with Crippen LogP contribution in [0.25, 0.3) is 4.91 Å². The molecule has 134 valence electrons. The molecular formula is C18H24N4O2S. The van der Waals surface area contributed by atoms with Crippen LogP contribution in [0.2, 0.25) is 0 Å². The molecule has 2 saturated heterocycles. The number of morpholine rings is 1. The van der Waals surface area contributed by atoms with Crippen LogP contribution in [0.15, 0.2) is 28.3 Å². The minimum Gasteiger partial charge on any atom is -0.379 e. The smallest absolute Gasteiger partial charge is 0.250 e. The number of nitrogens with one attached hydrogen (secondary N) is 1. The van der Waals surface area contributed by atoms with E-state index in [-0.39, 0.29) is 5.91 Å². The zero-order valence-corrected chi connectivity index (χ0v) is 15.4. The fourth-order valence-electron chi connectivity index (χ4n) is 3.62. The molecule has 2 fully saturated rings. The van der Waals surface area contributed by atoms with Crippen LogP contribution in [0, 0.1) is 0 Å². The third kappa shape index (κ3) is 3.54. The van der Waals surface area contributed by atoms with E-state index in [0.717, 1.165) is 75.0 Å². The second-order valence-electron chi connectivity index (χ2n) is 6.71. The molecule has 3 aliphatic heterocycles. The molecule has 7 heteroatoms. The van der Waals surface area contributed by atoms with E-state index in [2.05, 4.69) is 22.0 Å². The molecule has 6 nitrogen and oxygen atoms in total. The zero-order chi connectivity index (χ0) is 17.2. The van der Waals surface area contributed by atoms with Gasteiger partial charge in [-0.1, -0.05) is 11.8 Å². The van der Waals surface area contributed by atoms with Gasteiger partial charge in [0.05, 0.1) is 18.9 Å². The van der Waals surface area contributed by atoms with Crippen molar-refractivity contribution in [2.45, 2.75) is 19.8 Å². The maximum atomic E-state index is 13.0. The van der Waals surface area contributed by atoms with Crippen molar-refractivity contribution in [3.8, 4) is 0 Å². The monoisotopic (exact) mass is 360 g/mol. The number of rotatable bonds is 4. The highest BCUT2D eigenvalue weighted by molar-refractivity contribution is 8.11.